The summed E-state index contributed by atoms with van der Waals surface area (Å²) >= 11 is 2.16. The molecule has 2 bridgehead atoms. The third-order valence-corrected chi connectivity index (χ3v) is 6.11. The zero-order valence-electron chi connectivity index (χ0n) is 11.2. The molecule has 0 aromatic carbocycles. The highest BCUT2D eigenvalue weighted by Gasteiger charge is 2.39. The molecular formula is C14H26N2S. The molecule has 2 nitrogen and oxygen atoms in total. The summed E-state index contributed by atoms with van der Waals surface area (Å²) in [5.41, 5.74) is 0.523. The summed E-state index contributed by atoms with van der Waals surface area (Å²) in [7, 11) is 0. The fourth-order valence-electron chi connectivity index (χ4n) is 3.78. The molecule has 3 aliphatic rings. The van der Waals surface area contributed by atoms with E-state index in [4.69, 9.17) is 0 Å². The van der Waals surface area contributed by atoms with Gasteiger partial charge in [0.1, 0.15) is 0 Å². The Morgan fingerprint density at radius 3 is 2.82 bits per heavy atom. The van der Waals surface area contributed by atoms with E-state index >= 15 is 0 Å². The van der Waals surface area contributed by atoms with Crippen LogP contribution in [0.25, 0.3) is 0 Å². The molecule has 3 atom stereocenters. The van der Waals surface area contributed by atoms with Gasteiger partial charge in [-0.1, -0.05) is 13.8 Å². The van der Waals surface area contributed by atoms with E-state index in [0.29, 0.717) is 5.41 Å². The predicted molar refractivity (Wildman–Crippen MR) is 75.6 cm³/mol. The molecule has 3 saturated heterocycles. The average Bonchev–Trinajstić information content (AvgIpc) is 2.59. The number of fused-ring (bicyclic) bond motifs is 2. The fourth-order valence-corrected chi connectivity index (χ4v) is 5.50. The monoisotopic (exact) mass is 254 g/mol. The Bertz CT molecular complexity index is 279. The molecule has 0 spiro atoms. The fraction of sp³-hybridized carbons (Fsp3) is 1.00. The lowest BCUT2D eigenvalue weighted by Crippen LogP contribution is -2.51. The summed E-state index contributed by atoms with van der Waals surface area (Å²) in [5.74, 6) is 2.71. The number of rotatable bonds is 1. The largest absolute Gasteiger partial charge is 0.310 e. The highest BCUT2D eigenvalue weighted by molar-refractivity contribution is 7.99. The molecule has 3 heterocycles. The van der Waals surface area contributed by atoms with Gasteiger partial charge in [-0.25, -0.2) is 0 Å². The van der Waals surface area contributed by atoms with Crippen LogP contribution < -0.4 is 5.32 Å². The highest BCUT2D eigenvalue weighted by atomic mass is 32.2. The van der Waals surface area contributed by atoms with Gasteiger partial charge in [0.05, 0.1) is 0 Å². The van der Waals surface area contributed by atoms with Crippen molar-refractivity contribution in [2.45, 2.75) is 57.7 Å². The Hall–Kier alpha value is 0.270. The van der Waals surface area contributed by atoms with Crippen LogP contribution in [0.2, 0.25) is 0 Å². The van der Waals surface area contributed by atoms with Crippen molar-refractivity contribution < 1.29 is 0 Å². The van der Waals surface area contributed by atoms with Gasteiger partial charge in [-0.15, -0.1) is 0 Å². The van der Waals surface area contributed by atoms with Gasteiger partial charge in [0.25, 0.3) is 0 Å². The zero-order valence-corrected chi connectivity index (χ0v) is 12.1. The van der Waals surface area contributed by atoms with Gasteiger partial charge < -0.3 is 5.32 Å². The minimum Gasteiger partial charge on any atom is -0.310 e. The standard InChI is InChI=1S/C14H26N2S/c1-14(2)6-8-17-10-13(14)16-7-5-11-3-4-12(9-16)15-11/h11-13,15H,3-10H2,1-2H3. The van der Waals surface area contributed by atoms with Crippen molar-refractivity contribution in [1.82, 2.24) is 10.2 Å². The summed E-state index contributed by atoms with van der Waals surface area (Å²) in [6.07, 6.45) is 5.58. The van der Waals surface area contributed by atoms with Crippen LogP contribution in [0, 0.1) is 5.41 Å². The third-order valence-electron chi connectivity index (χ3n) is 5.06. The maximum absolute atomic E-state index is 3.80. The first-order valence-corrected chi connectivity index (χ1v) is 8.38. The van der Waals surface area contributed by atoms with Crippen molar-refractivity contribution in [1.29, 1.82) is 0 Å². The van der Waals surface area contributed by atoms with E-state index in [0.717, 1.165) is 18.1 Å². The lowest BCUT2D eigenvalue weighted by atomic mass is 9.81. The van der Waals surface area contributed by atoms with E-state index in [9.17, 15) is 0 Å². The molecule has 3 heteroatoms. The second-order valence-corrected chi connectivity index (χ2v) is 7.90. The number of thioether (sulfide) groups is 1. The molecule has 3 fully saturated rings. The Kier molecular flexibility index (Phi) is 3.44. The molecule has 3 rings (SSSR count). The lowest BCUT2D eigenvalue weighted by Gasteiger charge is -2.45. The molecule has 3 unspecified atom stereocenters. The second kappa shape index (κ2) is 4.75. The van der Waals surface area contributed by atoms with Crippen molar-refractivity contribution in [3.05, 3.63) is 0 Å². The van der Waals surface area contributed by atoms with E-state index in [1.807, 2.05) is 0 Å². The summed E-state index contributed by atoms with van der Waals surface area (Å²) in [5, 5.41) is 3.80. The summed E-state index contributed by atoms with van der Waals surface area (Å²) in [4.78, 5) is 2.81. The van der Waals surface area contributed by atoms with E-state index in [-0.39, 0.29) is 0 Å². The van der Waals surface area contributed by atoms with Gasteiger partial charge in [0.2, 0.25) is 0 Å². The van der Waals surface area contributed by atoms with Gasteiger partial charge >= 0.3 is 0 Å². The van der Waals surface area contributed by atoms with Gasteiger partial charge in [-0.2, -0.15) is 11.8 Å². The van der Waals surface area contributed by atoms with Crippen LogP contribution in [0.15, 0.2) is 0 Å². The SMILES string of the molecule is CC1(C)CCSCC1N1CCC2CCC(C1)N2. The van der Waals surface area contributed by atoms with E-state index in [1.54, 1.807) is 0 Å². The second-order valence-electron chi connectivity index (χ2n) is 6.75. The highest BCUT2D eigenvalue weighted by Crippen LogP contribution is 2.38. The maximum atomic E-state index is 3.80. The predicted octanol–water partition coefficient (Wildman–Crippen LogP) is 2.34. The molecule has 0 aromatic rings. The van der Waals surface area contributed by atoms with E-state index in [2.05, 4.69) is 35.8 Å². The molecule has 17 heavy (non-hydrogen) atoms. The lowest BCUT2D eigenvalue weighted by molar-refractivity contribution is 0.0925. The van der Waals surface area contributed by atoms with Gasteiger partial charge in [0, 0.05) is 37.0 Å². The topological polar surface area (TPSA) is 15.3 Å². The number of likely N-dealkylation sites (tertiary alicyclic amines) is 1. The van der Waals surface area contributed by atoms with Crippen LogP contribution in [0.5, 0.6) is 0 Å². The molecule has 3 aliphatic heterocycles. The van der Waals surface area contributed by atoms with Crippen LogP contribution >= 0.6 is 11.8 Å². The van der Waals surface area contributed by atoms with Crippen molar-refractivity contribution in [2.24, 2.45) is 5.41 Å². The van der Waals surface area contributed by atoms with Crippen molar-refractivity contribution in [3.8, 4) is 0 Å². The van der Waals surface area contributed by atoms with Crippen LogP contribution in [0.4, 0.5) is 0 Å². The van der Waals surface area contributed by atoms with E-state index < -0.39 is 0 Å². The summed E-state index contributed by atoms with van der Waals surface area (Å²) in [6, 6.07) is 2.41. The third kappa shape index (κ3) is 2.52. The normalized spacial score (nSPS) is 42.4. The van der Waals surface area contributed by atoms with E-state index in [1.165, 1.54) is 50.3 Å². The number of hydrogen-bond acceptors (Lipinski definition) is 3. The molecule has 0 aliphatic carbocycles. The number of nitrogens with one attached hydrogen (secondary N) is 1. The van der Waals surface area contributed by atoms with Crippen LogP contribution in [-0.2, 0) is 0 Å². The molecule has 0 amide bonds. The molecular weight excluding hydrogens is 228 g/mol. The minimum absolute atomic E-state index is 0.523. The smallest absolute Gasteiger partial charge is 0.0238 e. The van der Waals surface area contributed by atoms with Crippen LogP contribution in [0.1, 0.15) is 39.5 Å². The summed E-state index contributed by atoms with van der Waals surface area (Å²) in [6.45, 7) is 7.58. The van der Waals surface area contributed by atoms with Gasteiger partial charge in [-0.05, 0) is 36.9 Å². The van der Waals surface area contributed by atoms with Crippen LogP contribution in [-0.4, -0.2) is 47.6 Å². The average molecular weight is 254 g/mol. The molecule has 98 valence electrons. The maximum Gasteiger partial charge on any atom is 0.0238 e. The van der Waals surface area contributed by atoms with Crippen molar-refractivity contribution >= 4 is 11.8 Å². The first kappa shape index (κ1) is 12.3. The number of hydrogen-bond donors (Lipinski definition) is 1. The quantitative estimate of drug-likeness (QED) is 0.773. The van der Waals surface area contributed by atoms with Crippen molar-refractivity contribution in [2.75, 3.05) is 24.6 Å². The van der Waals surface area contributed by atoms with Gasteiger partial charge in [-0.3, -0.25) is 4.90 Å². The first-order chi connectivity index (χ1) is 8.15. The number of nitrogens with zero attached hydrogens (tertiary/aromatic N) is 1. The zero-order chi connectivity index (χ0) is 11.9. The molecule has 0 radical (unpaired) electrons. The summed E-state index contributed by atoms with van der Waals surface area (Å²) < 4.78 is 0. The first-order valence-electron chi connectivity index (χ1n) is 7.23. The molecule has 0 aromatic heterocycles. The van der Waals surface area contributed by atoms with Crippen LogP contribution in [0.3, 0.4) is 0 Å². The minimum atomic E-state index is 0.523. The molecule has 0 saturated carbocycles. The van der Waals surface area contributed by atoms with Gasteiger partial charge in [0.15, 0.2) is 0 Å². The Balaban J connectivity index is 1.70. The molecule has 1 N–H and O–H groups in total. The Morgan fingerprint density at radius 1 is 1.18 bits per heavy atom. The Morgan fingerprint density at radius 2 is 2.00 bits per heavy atom. The Labute approximate surface area is 110 Å². The van der Waals surface area contributed by atoms with Crippen molar-refractivity contribution in [3.63, 3.8) is 0 Å².